The molecule has 0 aromatic heterocycles. The molecule has 0 aliphatic rings. The van der Waals surface area contributed by atoms with Crippen molar-refractivity contribution in [2.24, 2.45) is 5.92 Å². The van der Waals surface area contributed by atoms with Crippen molar-refractivity contribution in [3.8, 4) is 0 Å². The minimum atomic E-state index is 0.363. The first-order valence-electron chi connectivity index (χ1n) is 5.35. The van der Waals surface area contributed by atoms with Gasteiger partial charge in [-0.1, -0.05) is 56.0 Å². The summed E-state index contributed by atoms with van der Waals surface area (Å²) in [5.41, 5.74) is 3.78. The maximum atomic E-state index is 4.08. The molecule has 0 rings (SSSR count). The van der Waals surface area contributed by atoms with Crippen molar-refractivity contribution >= 4 is 0 Å². The van der Waals surface area contributed by atoms with Crippen LogP contribution < -0.4 is 0 Å². The maximum Gasteiger partial charge on any atom is 0.00543 e. The van der Waals surface area contributed by atoms with Gasteiger partial charge in [0.1, 0.15) is 0 Å². The number of rotatable bonds is 5. The second-order valence-electron chi connectivity index (χ2n) is 3.61. The predicted molar refractivity (Wildman–Crippen MR) is 70.8 cm³/mol. The van der Waals surface area contributed by atoms with E-state index >= 15 is 0 Å². The normalized spacial score (nSPS) is 15.5. The predicted octanol–water partition coefficient (Wildman–Crippen LogP) is 4.83. The third-order valence-electron chi connectivity index (χ3n) is 2.67. The van der Waals surface area contributed by atoms with Gasteiger partial charge in [0.05, 0.1) is 0 Å². The van der Waals surface area contributed by atoms with Crippen LogP contribution in [0.25, 0.3) is 0 Å². The molecule has 0 saturated carbocycles. The SMILES string of the molecule is C=C/C=C\C(=C)C(C)C(=C/C)/C(C)=C\C. The summed E-state index contributed by atoms with van der Waals surface area (Å²) in [5.74, 6) is 0.363. The van der Waals surface area contributed by atoms with E-state index in [1.54, 1.807) is 6.08 Å². The fraction of sp³-hybridized carbons (Fsp3) is 0.333. The molecular weight excluding hydrogens is 180 g/mol. The Balaban J connectivity index is 4.83. The summed E-state index contributed by atoms with van der Waals surface area (Å²) in [6.07, 6.45) is 10.0. The molecule has 0 bridgehead atoms. The van der Waals surface area contributed by atoms with Crippen molar-refractivity contribution < 1.29 is 0 Å². The van der Waals surface area contributed by atoms with E-state index in [-0.39, 0.29) is 0 Å². The summed E-state index contributed by atoms with van der Waals surface area (Å²) in [7, 11) is 0. The van der Waals surface area contributed by atoms with Gasteiger partial charge in [-0.15, -0.1) is 0 Å². The van der Waals surface area contributed by atoms with E-state index in [0.29, 0.717) is 5.92 Å². The van der Waals surface area contributed by atoms with Gasteiger partial charge in [-0.2, -0.15) is 0 Å². The zero-order valence-corrected chi connectivity index (χ0v) is 10.4. The van der Waals surface area contributed by atoms with Gasteiger partial charge in [0.25, 0.3) is 0 Å². The van der Waals surface area contributed by atoms with Gasteiger partial charge >= 0.3 is 0 Å². The molecule has 1 unspecified atom stereocenters. The van der Waals surface area contributed by atoms with Crippen LogP contribution in [0.5, 0.6) is 0 Å². The molecule has 0 aromatic carbocycles. The van der Waals surface area contributed by atoms with E-state index in [2.05, 4.69) is 53.0 Å². The van der Waals surface area contributed by atoms with E-state index in [0.717, 1.165) is 5.57 Å². The molecule has 0 amide bonds. The van der Waals surface area contributed by atoms with Crippen LogP contribution in [0.3, 0.4) is 0 Å². The molecule has 0 aliphatic heterocycles. The van der Waals surface area contributed by atoms with Crippen LogP contribution in [0.2, 0.25) is 0 Å². The minimum absolute atomic E-state index is 0.363. The van der Waals surface area contributed by atoms with Gasteiger partial charge in [0, 0.05) is 5.92 Å². The van der Waals surface area contributed by atoms with Crippen molar-refractivity contribution in [2.75, 3.05) is 0 Å². The number of allylic oxidation sites excluding steroid dienone is 8. The molecule has 82 valence electrons. The Morgan fingerprint density at radius 1 is 1.20 bits per heavy atom. The molecule has 0 saturated heterocycles. The molecule has 0 nitrogen and oxygen atoms in total. The first-order chi connectivity index (χ1) is 7.08. The molecule has 0 fully saturated rings. The first kappa shape index (κ1) is 13.7. The van der Waals surface area contributed by atoms with Gasteiger partial charge < -0.3 is 0 Å². The highest BCUT2D eigenvalue weighted by Gasteiger charge is 2.10. The molecule has 0 aromatic rings. The van der Waals surface area contributed by atoms with Crippen molar-refractivity contribution in [2.45, 2.75) is 27.7 Å². The van der Waals surface area contributed by atoms with Crippen molar-refractivity contribution in [3.63, 3.8) is 0 Å². The smallest absolute Gasteiger partial charge is 0.00543 e. The highest BCUT2D eigenvalue weighted by atomic mass is 14.1. The summed E-state index contributed by atoms with van der Waals surface area (Å²) in [6.45, 7) is 16.2. The quantitative estimate of drug-likeness (QED) is 0.560. The fourth-order valence-corrected chi connectivity index (χ4v) is 1.52. The van der Waals surface area contributed by atoms with E-state index in [1.807, 2.05) is 12.2 Å². The molecule has 0 heteroatoms. The Hall–Kier alpha value is -1.30. The van der Waals surface area contributed by atoms with E-state index in [1.165, 1.54) is 11.1 Å². The van der Waals surface area contributed by atoms with Gasteiger partial charge in [-0.3, -0.25) is 0 Å². The van der Waals surface area contributed by atoms with Gasteiger partial charge in [0.15, 0.2) is 0 Å². The van der Waals surface area contributed by atoms with Gasteiger partial charge in [-0.05, 0) is 31.9 Å². The molecular formula is C15H22. The van der Waals surface area contributed by atoms with Crippen LogP contribution >= 0.6 is 0 Å². The second-order valence-corrected chi connectivity index (χ2v) is 3.61. The maximum absolute atomic E-state index is 4.08. The monoisotopic (exact) mass is 202 g/mol. The fourth-order valence-electron chi connectivity index (χ4n) is 1.52. The molecule has 0 spiro atoms. The Labute approximate surface area is 94.4 Å². The summed E-state index contributed by atoms with van der Waals surface area (Å²) in [6, 6.07) is 0. The van der Waals surface area contributed by atoms with Crippen LogP contribution in [0, 0.1) is 5.92 Å². The second kappa shape index (κ2) is 7.05. The molecule has 0 radical (unpaired) electrons. The Morgan fingerprint density at radius 3 is 2.20 bits per heavy atom. The van der Waals surface area contributed by atoms with E-state index in [4.69, 9.17) is 0 Å². The van der Waals surface area contributed by atoms with Crippen LogP contribution in [0.1, 0.15) is 27.7 Å². The summed E-state index contributed by atoms with van der Waals surface area (Å²) < 4.78 is 0. The number of hydrogen-bond donors (Lipinski definition) is 0. The molecule has 15 heavy (non-hydrogen) atoms. The lowest BCUT2D eigenvalue weighted by molar-refractivity contribution is 0.832. The Morgan fingerprint density at radius 2 is 1.80 bits per heavy atom. The summed E-state index contributed by atoms with van der Waals surface area (Å²) >= 11 is 0. The van der Waals surface area contributed by atoms with E-state index in [9.17, 15) is 0 Å². The van der Waals surface area contributed by atoms with E-state index < -0.39 is 0 Å². The molecule has 0 aliphatic carbocycles. The number of hydrogen-bond acceptors (Lipinski definition) is 0. The van der Waals surface area contributed by atoms with Crippen molar-refractivity contribution in [1.29, 1.82) is 0 Å². The first-order valence-corrected chi connectivity index (χ1v) is 5.35. The lowest BCUT2D eigenvalue weighted by Gasteiger charge is -2.17. The zero-order valence-electron chi connectivity index (χ0n) is 10.4. The Kier molecular flexibility index (Phi) is 6.44. The molecule has 1 atom stereocenters. The lowest BCUT2D eigenvalue weighted by atomic mass is 9.88. The van der Waals surface area contributed by atoms with Crippen LogP contribution in [0.15, 0.2) is 60.3 Å². The standard InChI is InChI=1S/C15H22/c1-7-10-11-13(5)14(6)15(9-3)12(4)8-2/h7-11,14H,1,5H2,2-4,6H3/b11-10-,12-8-,15-9+. The van der Waals surface area contributed by atoms with Crippen LogP contribution in [0.4, 0.5) is 0 Å². The highest BCUT2D eigenvalue weighted by molar-refractivity contribution is 5.38. The third kappa shape index (κ3) is 4.16. The minimum Gasteiger partial charge on any atom is -0.0991 e. The van der Waals surface area contributed by atoms with Crippen LogP contribution in [-0.2, 0) is 0 Å². The third-order valence-corrected chi connectivity index (χ3v) is 2.67. The van der Waals surface area contributed by atoms with Gasteiger partial charge in [0.2, 0.25) is 0 Å². The average molecular weight is 202 g/mol. The summed E-state index contributed by atoms with van der Waals surface area (Å²) in [5, 5.41) is 0. The zero-order chi connectivity index (χ0) is 11.8. The Bertz CT molecular complexity index is 311. The highest BCUT2D eigenvalue weighted by Crippen LogP contribution is 2.25. The van der Waals surface area contributed by atoms with Gasteiger partial charge in [-0.25, -0.2) is 0 Å². The summed E-state index contributed by atoms with van der Waals surface area (Å²) in [4.78, 5) is 0. The van der Waals surface area contributed by atoms with Crippen LogP contribution in [-0.4, -0.2) is 0 Å². The van der Waals surface area contributed by atoms with Crippen molar-refractivity contribution in [3.05, 3.63) is 60.3 Å². The molecule has 0 N–H and O–H groups in total. The average Bonchev–Trinajstić information content (AvgIpc) is 2.26. The van der Waals surface area contributed by atoms with Crippen molar-refractivity contribution in [1.82, 2.24) is 0 Å². The lowest BCUT2D eigenvalue weighted by Crippen LogP contribution is -2.02. The molecule has 0 heterocycles. The topological polar surface area (TPSA) is 0 Å². The largest absolute Gasteiger partial charge is 0.0991 e.